The molecule has 35 heavy (non-hydrogen) atoms. The second-order valence-electron chi connectivity index (χ2n) is 8.69. The Labute approximate surface area is 212 Å². The van der Waals surface area contributed by atoms with Gasteiger partial charge in [0.2, 0.25) is 0 Å². The van der Waals surface area contributed by atoms with E-state index in [0.29, 0.717) is 0 Å². The van der Waals surface area contributed by atoms with Crippen LogP contribution in [0, 0.1) is 27.7 Å². The van der Waals surface area contributed by atoms with E-state index < -0.39 is 0 Å². The summed E-state index contributed by atoms with van der Waals surface area (Å²) in [7, 11) is 1.81. The molecule has 0 aliphatic carbocycles. The molecule has 0 aliphatic rings. The van der Waals surface area contributed by atoms with Crippen molar-refractivity contribution in [2.24, 2.45) is 4.99 Å². The lowest BCUT2D eigenvalue weighted by atomic mass is 10.1. The van der Waals surface area contributed by atoms with Crippen LogP contribution in [-0.2, 0) is 0 Å². The van der Waals surface area contributed by atoms with Crippen molar-refractivity contribution in [1.29, 1.82) is 0 Å². The maximum Gasteiger partial charge on any atom is 0.131 e. The van der Waals surface area contributed by atoms with Crippen molar-refractivity contribution in [3.63, 3.8) is 0 Å². The SMILES string of the molecule is C/C=C\NC(=NC)c1ccc(-n2/c(=C/c3ccsc3C)c(C)c(C)ccc3cccc2c3C)cc1. The summed E-state index contributed by atoms with van der Waals surface area (Å²) in [6, 6.07) is 21.9. The van der Waals surface area contributed by atoms with E-state index >= 15 is 0 Å². The number of aliphatic imine (C=N–C) groups is 1. The molecule has 2 heterocycles. The predicted molar refractivity (Wildman–Crippen MR) is 153 cm³/mol. The lowest BCUT2D eigenvalue weighted by molar-refractivity contribution is 1.02. The van der Waals surface area contributed by atoms with E-state index in [2.05, 4.69) is 115 Å². The van der Waals surface area contributed by atoms with Crippen LogP contribution in [0.1, 0.15) is 39.6 Å². The summed E-state index contributed by atoms with van der Waals surface area (Å²) in [6.07, 6.45) is 6.20. The van der Waals surface area contributed by atoms with Crippen LogP contribution in [0.2, 0.25) is 0 Å². The first-order valence-corrected chi connectivity index (χ1v) is 12.8. The number of fused-ring (bicyclic) bond motifs is 2. The zero-order valence-electron chi connectivity index (χ0n) is 21.4. The minimum atomic E-state index is 0.845. The summed E-state index contributed by atoms with van der Waals surface area (Å²) in [4.78, 5) is 5.74. The Balaban J connectivity index is 2.10. The van der Waals surface area contributed by atoms with Crippen molar-refractivity contribution in [2.75, 3.05) is 7.05 Å². The number of nitrogens with zero attached hydrogens (tertiary/aromatic N) is 2. The molecule has 4 aromatic rings. The van der Waals surface area contributed by atoms with Crippen molar-refractivity contribution < 1.29 is 0 Å². The van der Waals surface area contributed by atoms with Gasteiger partial charge in [-0.05, 0) is 116 Å². The fourth-order valence-electron chi connectivity index (χ4n) is 4.25. The molecule has 1 N–H and O–H groups in total. The van der Waals surface area contributed by atoms with Gasteiger partial charge in [-0.2, -0.15) is 0 Å². The molecule has 0 atom stereocenters. The van der Waals surface area contributed by atoms with Crippen LogP contribution in [0.5, 0.6) is 0 Å². The molecule has 178 valence electrons. The normalized spacial score (nSPS) is 12.5. The number of thiophene rings is 1. The molecule has 2 aromatic heterocycles. The highest BCUT2D eigenvalue weighted by molar-refractivity contribution is 7.10. The van der Waals surface area contributed by atoms with Gasteiger partial charge in [0.05, 0.1) is 0 Å². The third-order valence-electron chi connectivity index (χ3n) is 6.52. The molecule has 0 fully saturated rings. The number of hydrogen-bond donors (Lipinski definition) is 1. The number of aromatic nitrogens is 1. The Morgan fingerprint density at radius 2 is 1.69 bits per heavy atom. The molecule has 4 rings (SSSR count). The van der Waals surface area contributed by atoms with Crippen molar-refractivity contribution >= 4 is 34.2 Å². The van der Waals surface area contributed by atoms with Gasteiger partial charge >= 0.3 is 0 Å². The monoisotopic (exact) mass is 479 g/mol. The molecule has 2 bridgehead atoms. The highest BCUT2D eigenvalue weighted by Gasteiger charge is 2.09. The average Bonchev–Trinajstić information content (AvgIpc) is 3.28. The molecule has 4 heteroatoms. The fraction of sp³-hybridized carbons (Fsp3) is 0.194. The standard InChI is InChI=1S/C31H33N3S/c1-7-18-33-31(32-6)26-13-15-28(16-14-26)34-29-10-8-9-25(23(29)4)12-11-21(2)22(3)30(34)20-27-17-19-35-24(27)5/h7-20H,1-6H3,(H,32,33)/b12-11?,18-7-,22-21?,30-20+. The molecule has 0 spiro atoms. The second kappa shape index (κ2) is 10.7. The first-order chi connectivity index (χ1) is 16.9. The van der Waals surface area contributed by atoms with Crippen molar-refractivity contribution in [3.8, 4) is 5.69 Å². The summed E-state index contributed by atoms with van der Waals surface area (Å²) >= 11 is 1.78. The number of rotatable bonds is 4. The largest absolute Gasteiger partial charge is 0.347 e. The molecule has 0 saturated carbocycles. The van der Waals surface area contributed by atoms with Crippen LogP contribution < -0.4 is 10.7 Å². The van der Waals surface area contributed by atoms with Gasteiger partial charge in [0.25, 0.3) is 0 Å². The number of benzene rings is 2. The molecule has 0 unspecified atom stereocenters. The first kappa shape index (κ1) is 24.5. The van der Waals surface area contributed by atoms with Crippen LogP contribution >= 0.6 is 11.3 Å². The van der Waals surface area contributed by atoms with Crippen LogP contribution in [0.25, 0.3) is 22.7 Å². The molecular weight excluding hydrogens is 446 g/mol. The van der Waals surface area contributed by atoms with Gasteiger partial charge in [0.1, 0.15) is 5.84 Å². The summed E-state index contributed by atoms with van der Waals surface area (Å²) in [5.41, 5.74) is 8.37. The minimum Gasteiger partial charge on any atom is -0.347 e. The lowest BCUT2D eigenvalue weighted by Crippen LogP contribution is -2.22. The first-order valence-electron chi connectivity index (χ1n) is 11.9. The van der Waals surface area contributed by atoms with Gasteiger partial charge in [0, 0.05) is 34.0 Å². The van der Waals surface area contributed by atoms with Crippen LogP contribution in [0.15, 0.2) is 83.3 Å². The van der Waals surface area contributed by atoms with Crippen LogP contribution in [0.4, 0.5) is 0 Å². The van der Waals surface area contributed by atoms with E-state index in [1.165, 1.54) is 43.4 Å². The van der Waals surface area contributed by atoms with E-state index in [1.54, 1.807) is 11.3 Å². The summed E-state index contributed by atoms with van der Waals surface area (Å²) < 4.78 is 2.40. The maximum atomic E-state index is 4.42. The molecule has 0 radical (unpaired) electrons. The Kier molecular flexibility index (Phi) is 7.52. The van der Waals surface area contributed by atoms with E-state index in [4.69, 9.17) is 0 Å². The molecular formula is C31H33N3S. The Bertz CT molecular complexity index is 1510. The zero-order chi connectivity index (χ0) is 24.9. The van der Waals surface area contributed by atoms with Gasteiger partial charge < -0.3 is 9.88 Å². The number of aryl methyl sites for hydroxylation is 3. The van der Waals surface area contributed by atoms with Gasteiger partial charge in [-0.25, -0.2) is 0 Å². The van der Waals surface area contributed by atoms with Crippen LogP contribution in [0.3, 0.4) is 0 Å². The van der Waals surface area contributed by atoms with Gasteiger partial charge in [-0.3, -0.25) is 4.99 Å². The van der Waals surface area contributed by atoms with E-state index in [0.717, 1.165) is 17.1 Å². The highest BCUT2D eigenvalue weighted by Crippen LogP contribution is 2.21. The lowest BCUT2D eigenvalue weighted by Gasteiger charge is -2.15. The number of nitrogens with one attached hydrogen (secondary N) is 1. The summed E-state index contributed by atoms with van der Waals surface area (Å²) in [6.45, 7) is 10.8. The Morgan fingerprint density at radius 1 is 0.914 bits per heavy atom. The minimum absolute atomic E-state index is 0.845. The Hall–Kier alpha value is -3.63. The highest BCUT2D eigenvalue weighted by atomic mass is 32.1. The number of allylic oxidation sites excluding steroid dienone is 1. The third-order valence-corrected chi connectivity index (χ3v) is 7.38. The summed E-state index contributed by atoms with van der Waals surface area (Å²) in [5, 5.41) is 7.84. The zero-order valence-corrected chi connectivity index (χ0v) is 22.2. The van der Waals surface area contributed by atoms with E-state index in [1.807, 2.05) is 26.2 Å². The second-order valence-corrected chi connectivity index (χ2v) is 9.81. The van der Waals surface area contributed by atoms with Crippen molar-refractivity contribution in [3.05, 3.63) is 116 Å². The average molecular weight is 480 g/mol. The van der Waals surface area contributed by atoms with Gasteiger partial charge in [-0.1, -0.05) is 30.3 Å². The van der Waals surface area contributed by atoms with E-state index in [-0.39, 0.29) is 0 Å². The fourth-order valence-corrected chi connectivity index (χ4v) is 4.94. The third kappa shape index (κ3) is 5.08. The van der Waals surface area contributed by atoms with Gasteiger partial charge in [-0.15, -0.1) is 11.3 Å². The quantitative estimate of drug-likeness (QED) is 0.246. The topological polar surface area (TPSA) is 29.3 Å². The number of hydrogen-bond acceptors (Lipinski definition) is 2. The van der Waals surface area contributed by atoms with Crippen molar-refractivity contribution in [2.45, 2.75) is 34.6 Å². The van der Waals surface area contributed by atoms with Crippen molar-refractivity contribution in [1.82, 2.24) is 9.88 Å². The Morgan fingerprint density at radius 3 is 2.34 bits per heavy atom. The smallest absolute Gasteiger partial charge is 0.131 e. The van der Waals surface area contributed by atoms with Crippen LogP contribution in [-0.4, -0.2) is 17.5 Å². The molecule has 0 aliphatic heterocycles. The van der Waals surface area contributed by atoms with E-state index in [9.17, 15) is 0 Å². The molecule has 2 aromatic carbocycles. The van der Waals surface area contributed by atoms with Gasteiger partial charge in [0.15, 0.2) is 0 Å². The molecule has 3 nitrogen and oxygen atoms in total. The predicted octanol–water partition coefficient (Wildman–Crippen LogP) is 7.10. The molecule has 0 saturated heterocycles. The molecule has 0 amide bonds. The summed E-state index contributed by atoms with van der Waals surface area (Å²) in [5.74, 6) is 0.845. The number of amidine groups is 1. The maximum absolute atomic E-state index is 4.42.